The molecular weight excluding hydrogens is 965 g/mol. The summed E-state index contributed by atoms with van der Waals surface area (Å²) in [5.41, 5.74) is 9.02. The summed E-state index contributed by atoms with van der Waals surface area (Å²) in [5.74, 6) is -1.17. The van der Waals surface area contributed by atoms with Gasteiger partial charge in [0.25, 0.3) is 5.91 Å². The van der Waals surface area contributed by atoms with E-state index in [1.54, 1.807) is 96.3 Å². The fourth-order valence-corrected chi connectivity index (χ4v) is 10.6. The van der Waals surface area contributed by atoms with E-state index in [9.17, 15) is 39.3 Å². The van der Waals surface area contributed by atoms with E-state index in [0.29, 0.717) is 39.1 Å². The summed E-state index contributed by atoms with van der Waals surface area (Å²) in [6.45, 7) is 9.54. The molecule has 17 heteroatoms. The topological polar surface area (TPSA) is 220 Å². The Hall–Kier alpha value is -7.73. The molecule has 376 valence electrons. The largest absolute Gasteiger partial charge is 0.508 e. The molecule has 0 radical (unpaired) electrons. The molecule has 4 atom stereocenters. The number of amides is 4. The maximum Gasteiger partial charge on any atom is 0.271 e. The molecule has 0 spiro atoms. The lowest BCUT2D eigenvalue weighted by Gasteiger charge is -2.35. The van der Waals surface area contributed by atoms with Crippen LogP contribution >= 0.6 is 22.7 Å². The Kier molecular flexibility index (Phi) is 15.8. The predicted molar refractivity (Wildman–Crippen MR) is 283 cm³/mol. The third-order valence-corrected chi connectivity index (χ3v) is 14.8. The number of hydrazone groups is 1. The predicted octanol–water partition coefficient (Wildman–Crippen LogP) is 8.94. The van der Waals surface area contributed by atoms with Gasteiger partial charge < -0.3 is 35.6 Å². The number of aromatic hydroxyl groups is 2. The summed E-state index contributed by atoms with van der Waals surface area (Å²) < 4.78 is 6.61. The Bertz CT molecular complexity index is 3160. The minimum absolute atomic E-state index is 0.0290. The number of fused-ring (bicyclic) bond motifs is 1. The van der Waals surface area contributed by atoms with Gasteiger partial charge in [-0.05, 0) is 127 Å². The number of thiazole rings is 1. The number of benzene rings is 5. The van der Waals surface area contributed by atoms with Crippen LogP contribution in [0.2, 0.25) is 0 Å². The fraction of sp³-hybridized carbons (Fsp3) is 0.268. The first-order chi connectivity index (χ1) is 34.9. The zero-order valence-corrected chi connectivity index (χ0v) is 42.6. The molecule has 1 fully saturated rings. The van der Waals surface area contributed by atoms with Crippen LogP contribution in [0.15, 0.2) is 126 Å². The normalized spacial score (nSPS) is 15.5. The van der Waals surface area contributed by atoms with Crippen LogP contribution < -0.4 is 20.8 Å². The first-order valence-electron chi connectivity index (χ1n) is 23.8. The molecule has 73 heavy (non-hydrogen) atoms. The van der Waals surface area contributed by atoms with Gasteiger partial charge in [0, 0.05) is 51.0 Å². The number of aromatic nitrogens is 1. The van der Waals surface area contributed by atoms with Crippen molar-refractivity contribution in [2.75, 3.05) is 13.2 Å². The second-order valence-electron chi connectivity index (χ2n) is 19.0. The van der Waals surface area contributed by atoms with Crippen LogP contribution in [0.5, 0.6) is 17.2 Å². The van der Waals surface area contributed by atoms with Gasteiger partial charge >= 0.3 is 0 Å². The molecule has 8 rings (SSSR count). The van der Waals surface area contributed by atoms with Crippen molar-refractivity contribution in [3.8, 4) is 38.1 Å². The number of ether oxygens (including phenoxy) is 1. The molecule has 6 N–H and O–H groups in total. The van der Waals surface area contributed by atoms with Crippen LogP contribution in [0.1, 0.15) is 96.1 Å². The van der Waals surface area contributed by atoms with E-state index in [-0.39, 0.29) is 66.7 Å². The molecule has 4 amide bonds. The number of ketones is 1. The van der Waals surface area contributed by atoms with Crippen LogP contribution in [0.4, 0.5) is 0 Å². The van der Waals surface area contributed by atoms with E-state index in [2.05, 4.69) is 26.1 Å². The van der Waals surface area contributed by atoms with E-state index >= 15 is 0 Å². The van der Waals surface area contributed by atoms with E-state index in [4.69, 9.17) is 4.74 Å². The number of aliphatic hydroxyl groups is 1. The van der Waals surface area contributed by atoms with Crippen molar-refractivity contribution in [2.45, 2.75) is 78.1 Å². The molecule has 0 bridgehead atoms. The van der Waals surface area contributed by atoms with Gasteiger partial charge in [-0.2, -0.15) is 5.10 Å². The number of nitrogens with zero attached hydrogens (tertiary/aromatic N) is 3. The summed E-state index contributed by atoms with van der Waals surface area (Å²) in [6.07, 6.45) is 1.10. The lowest BCUT2D eigenvalue weighted by atomic mass is 9.85. The Balaban J connectivity index is 0.790. The minimum atomic E-state index is -0.958. The Labute approximate surface area is 430 Å². The molecule has 0 unspecified atom stereocenters. The smallest absolute Gasteiger partial charge is 0.271 e. The number of thiophene rings is 1. The highest BCUT2D eigenvalue weighted by atomic mass is 32.1. The SMILES string of the molecule is Cc1ncsc1-c1ccc([C@H](C)NC(=O)[C@@H]2C[C@@H](O)CN2C(=O)[C@@H](NC(=O)CCCOc2ccc(/C=N/NC(=O)c3ccc(C(=O)c4c(-c5ccc(O)cc5)sc5cc(O)ccc45)cc3)cc2)C(C)(C)C)cc1. The number of nitrogens with one attached hydrogen (secondary N) is 3. The number of carbonyl (C=O) groups is 5. The second kappa shape index (κ2) is 22.4. The molecule has 15 nitrogen and oxygen atoms in total. The minimum Gasteiger partial charge on any atom is -0.508 e. The van der Waals surface area contributed by atoms with Crippen molar-refractivity contribution < 1.29 is 44.0 Å². The molecular formula is C56H56N6O9S2. The lowest BCUT2D eigenvalue weighted by Crippen LogP contribution is -2.57. The first-order valence-corrected chi connectivity index (χ1v) is 25.5. The monoisotopic (exact) mass is 1020 g/mol. The van der Waals surface area contributed by atoms with Crippen LogP contribution in [-0.4, -0.2) is 92.2 Å². The number of hydrogen-bond donors (Lipinski definition) is 6. The summed E-state index contributed by atoms with van der Waals surface area (Å²) in [5, 5.41) is 41.3. The second-order valence-corrected chi connectivity index (χ2v) is 20.9. The van der Waals surface area contributed by atoms with Crippen molar-refractivity contribution in [3.63, 3.8) is 0 Å². The molecule has 0 saturated carbocycles. The number of hydrogen-bond acceptors (Lipinski definition) is 13. The summed E-state index contributed by atoms with van der Waals surface area (Å²) >= 11 is 2.93. The molecule has 2 aromatic heterocycles. The van der Waals surface area contributed by atoms with E-state index in [0.717, 1.165) is 32.0 Å². The molecule has 7 aromatic rings. The summed E-state index contributed by atoms with van der Waals surface area (Å²) in [6, 6.07) is 30.3. The third-order valence-electron chi connectivity index (χ3n) is 12.6. The number of carbonyl (C=O) groups excluding carboxylic acids is 5. The molecule has 1 aliphatic rings. The van der Waals surface area contributed by atoms with E-state index in [1.165, 1.54) is 28.5 Å². The molecule has 0 aliphatic carbocycles. The van der Waals surface area contributed by atoms with Gasteiger partial charge in [0.15, 0.2) is 5.78 Å². The lowest BCUT2D eigenvalue weighted by molar-refractivity contribution is -0.144. The molecule has 5 aromatic carbocycles. The van der Waals surface area contributed by atoms with Crippen molar-refractivity contribution in [3.05, 3.63) is 154 Å². The summed E-state index contributed by atoms with van der Waals surface area (Å²) in [4.78, 5) is 75.5. The number of aliphatic hydroxyl groups excluding tert-OH is 1. The number of aryl methyl sites for hydroxylation is 1. The number of rotatable bonds is 17. The standard InChI is InChI=1S/C56H56N6O9S2/c1-32(35-10-14-37(15-11-35)50-33(2)57-31-72-50)59-54(69)45-27-42(65)30-62(45)55(70)52(56(3,4)5)60-47(66)7-6-26-71-43-23-8-34(9-24-43)29-58-61-53(68)39-16-12-36(13-17-39)49(67)48-44-25-22-41(64)28-46(44)73-51(48)38-18-20-40(63)21-19-38/h8-25,28-29,31-32,42,45,52,63-65H,6-7,26-27,30H2,1-5H3,(H,59,69)(H,60,66)(H,61,68)/b58-29+/t32-,42+,45-,52+/m0/s1. The van der Waals surface area contributed by atoms with Crippen molar-refractivity contribution in [2.24, 2.45) is 10.5 Å². The van der Waals surface area contributed by atoms with Crippen LogP contribution in [0, 0.1) is 12.3 Å². The average Bonchev–Trinajstić information content (AvgIpc) is 4.10. The zero-order valence-electron chi connectivity index (χ0n) is 40.9. The highest BCUT2D eigenvalue weighted by Crippen LogP contribution is 2.41. The Morgan fingerprint density at radius 2 is 1.51 bits per heavy atom. The molecule has 1 aliphatic heterocycles. The number of likely N-dealkylation sites (tertiary alicyclic amines) is 1. The van der Waals surface area contributed by atoms with Crippen molar-refractivity contribution >= 4 is 68.4 Å². The highest BCUT2D eigenvalue weighted by molar-refractivity contribution is 7.22. The maximum absolute atomic E-state index is 14.1. The Morgan fingerprint density at radius 3 is 2.18 bits per heavy atom. The quantitative estimate of drug-likeness (QED) is 0.0220. The van der Waals surface area contributed by atoms with Gasteiger partial charge in [-0.25, -0.2) is 10.4 Å². The fourth-order valence-electron chi connectivity index (χ4n) is 8.60. The highest BCUT2D eigenvalue weighted by Gasteiger charge is 2.44. The van der Waals surface area contributed by atoms with Gasteiger partial charge in [-0.3, -0.25) is 24.0 Å². The number of β-amino-alcohol motifs (C(OH)–C–C–N with tert-alkyl or cyclic N) is 1. The maximum atomic E-state index is 14.1. The van der Waals surface area contributed by atoms with Crippen LogP contribution in [0.25, 0.3) is 31.0 Å². The van der Waals surface area contributed by atoms with Crippen molar-refractivity contribution in [1.29, 1.82) is 0 Å². The van der Waals surface area contributed by atoms with Gasteiger partial charge in [-0.1, -0.05) is 57.2 Å². The van der Waals surface area contributed by atoms with Gasteiger partial charge in [0.1, 0.15) is 29.3 Å². The van der Waals surface area contributed by atoms with E-state index in [1.807, 2.05) is 64.4 Å². The van der Waals surface area contributed by atoms with Gasteiger partial charge in [-0.15, -0.1) is 22.7 Å². The number of phenols is 2. The molecule has 3 heterocycles. The third kappa shape index (κ3) is 12.3. The molecule has 1 saturated heterocycles. The van der Waals surface area contributed by atoms with Gasteiger partial charge in [0.2, 0.25) is 17.7 Å². The van der Waals surface area contributed by atoms with Crippen LogP contribution in [-0.2, 0) is 14.4 Å². The average molecular weight is 1020 g/mol. The van der Waals surface area contributed by atoms with Gasteiger partial charge in [0.05, 0.1) is 41.0 Å². The van der Waals surface area contributed by atoms with E-state index < -0.39 is 35.4 Å². The summed E-state index contributed by atoms with van der Waals surface area (Å²) in [7, 11) is 0. The first kappa shape index (κ1) is 51.6. The number of phenolic OH excluding ortho intramolecular Hbond substituents is 2. The zero-order chi connectivity index (χ0) is 52.0. The van der Waals surface area contributed by atoms with Crippen molar-refractivity contribution in [1.82, 2.24) is 25.9 Å². The van der Waals surface area contributed by atoms with Crippen LogP contribution in [0.3, 0.4) is 0 Å². The Morgan fingerprint density at radius 1 is 0.849 bits per heavy atom.